The zero-order chi connectivity index (χ0) is 24.6. The summed E-state index contributed by atoms with van der Waals surface area (Å²) in [4.78, 5) is 18.8. The van der Waals surface area contributed by atoms with Gasteiger partial charge in [-0.2, -0.15) is 5.26 Å². The van der Waals surface area contributed by atoms with Gasteiger partial charge in [0.15, 0.2) is 0 Å². The first-order valence-electron chi connectivity index (χ1n) is 12.4. The fourth-order valence-corrected chi connectivity index (χ4v) is 4.48. The third-order valence-corrected chi connectivity index (χ3v) is 6.36. The highest BCUT2D eigenvalue weighted by atomic mass is 16.1. The molecule has 0 unspecified atom stereocenters. The van der Waals surface area contributed by atoms with Crippen molar-refractivity contribution in [3.05, 3.63) is 123 Å². The zero-order valence-corrected chi connectivity index (χ0v) is 20.5. The molecule has 0 radical (unpaired) electrons. The average molecular weight is 462 g/mol. The number of nitrogens with zero attached hydrogens (tertiary/aromatic N) is 3. The molecule has 0 amide bonds. The highest BCUT2D eigenvalue weighted by Gasteiger charge is 2.17. The molecule has 0 bridgehead atoms. The maximum atomic E-state index is 13.8. The van der Waals surface area contributed by atoms with Crippen LogP contribution >= 0.6 is 0 Å². The maximum Gasteiger partial charge on any atom is 0.257 e. The molecule has 4 heteroatoms. The summed E-state index contributed by atoms with van der Waals surface area (Å²) in [5.74, 6) is 0.825. The molecule has 0 saturated heterocycles. The van der Waals surface area contributed by atoms with E-state index < -0.39 is 0 Å². The molecule has 3 aromatic carbocycles. The van der Waals surface area contributed by atoms with Crippen molar-refractivity contribution >= 4 is 0 Å². The van der Waals surface area contributed by atoms with Gasteiger partial charge in [0.25, 0.3) is 5.56 Å². The summed E-state index contributed by atoms with van der Waals surface area (Å²) in [6, 6.07) is 28.3. The zero-order valence-electron chi connectivity index (χ0n) is 20.5. The summed E-state index contributed by atoms with van der Waals surface area (Å²) >= 11 is 0. The van der Waals surface area contributed by atoms with Crippen molar-refractivity contribution in [3.8, 4) is 17.2 Å². The number of nitriles is 1. The topological polar surface area (TPSA) is 58.7 Å². The normalized spacial score (nSPS) is 10.8. The second kappa shape index (κ2) is 11.4. The lowest BCUT2D eigenvalue weighted by Crippen LogP contribution is -2.31. The van der Waals surface area contributed by atoms with E-state index in [1.165, 1.54) is 0 Å². The summed E-state index contributed by atoms with van der Waals surface area (Å²) in [5.41, 5.74) is 6.23. The number of hydrogen-bond acceptors (Lipinski definition) is 3. The van der Waals surface area contributed by atoms with Gasteiger partial charge in [-0.3, -0.25) is 9.36 Å². The third kappa shape index (κ3) is 5.58. The van der Waals surface area contributed by atoms with Crippen LogP contribution in [-0.2, 0) is 25.8 Å². The predicted octanol–water partition coefficient (Wildman–Crippen LogP) is 6.33. The van der Waals surface area contributed by atoms with Crippen molar-refractivity contribution in [2.75, 3.05) is 0 Å². The van der Waals surface area contributed by atoms with E-state index in [0.29, 0.717) is 24.9 Å². The van der Waals surface area contributed by atoms with Crippen LogP contribution in [0.2, 0.25) is 0 Å². The van der Waals surface area contributed by atoms with E-state index in [4.69, 9.17) is 4.98 Å². The number of unbranched alkanes of at least 4 members (excludes halogenated alkanes) is 1. The highest BCUT2D eigenvalue weighted by molar-refractivity contribution is 5.71. The first-order chi connectivity index (χ1) is 17.1. The van der Waals surface area contributed by atoms with Gasteiger partial charge in [0.05, 0.1) is 23.9 Å². The molecule has 4 nitrogen and oxygen atoms in total. The van der Waals surface area contributed by atoms with Gasteiger partial charge in [0.2, 0.25) is 0 Å². The molecule has 0 aliphatic carbocycles. The molecule has 0 aliphatic rings. The maximum absolute atomic E-state index is 13.8. The molecule has 0 fully saturated rings. The molecule has 0 atom stereocenters. The van der Waals surface area contributed by atoms with Crippen LogP contribution in [0.1, 0.15) is 60.5 Å². The number of benzene rings is 3. The summed E-state index contributed by atoms with van der Waals surface area (Å²) < 4.78 is 1.82. The first kappa shape index (κ1) is 24.2. The SMILES string of the molecule is CCCCc1nc(CC)n(Cc2ccccc2)c(=O)c1Cc1ccc(-c2ccccc2)c(C#N)c1. The number of hydrogen-bond donors (Lipinski definition) is 0. The molecule has 1 heterocycles. The molecule has 0 saturated carbocycles. The smallest absolute Gasteiger partial charge is 0.257 e. The lowest BCUT2D eigenvalue weighted by Gasteiger charge is -2.17. The molecular weight excluding hydrogens is 430 g/mol. The second-order valence-corrected chi connectivity index (χ2v) is 8.82. The number of rotatable bonds is 9. The van der Waals surface area contributed by atoms with E-state index in [1.54, 1.807) is 0 Å². The quantitative estimate of drug-likeness (QED) is 0.293. The van der Waals surface area contributed by atoms with Gasteiger partial charge in [-0.05, 0) is 41.2 Å². The standard InChI is InChI=1S/C31H31N3O/c1-3-5-16-29-28(31(35)34(30(4-2)33-29)22-23-12-8-6-9-13-23)20-24-17-18-27(26(19-24)21-32)25-14-10-7-11-15-25/h6-15,17-19H,3-5,16,20,22H2,1-2H3. The minimum atomic E-state index is 0.0254. The van der Waals surface area contributed by atoms with E-state index in [-0.39, 0.29) is 5.56 Å². The van der Waals surface area contributed by atoms with Gasteiger partial charge in [-0.25, -0.2) is 4.98 Å². The fourth-order valence-electron chi connectivity index (χ4n) is 4.48. The van der Waals surface area contributed by atoms with Crippen molar-refractivity contribution < 1.29 is 0 Å². The van der Waals surface area contributed by atoms with Crippen LogP contribution in [0.3, 0.4) is 0 Å². The van der Waals surface area contributed by atoms with Gasteiger partial charge >= 0.3 is 0 Å². The van der Waals surface area contributed by atoms with Crippen molar-refractivity contribution in [2.45, 2.75) is 52.5 Å². The van der Waals surface area contributed by atoms with E-state index in [1.807, 2.05) is 90.4 Å². The van der Waals surface area contributed by atoms with E-state index in [9.17, 15) is 10.1 Å². The lowest BCUT2D eigenvalue weighted by atomic mass is 9.95. The molecule has 4 rings (SSSR count). The van der Waals surface area contributed by atoms with E-state index in [2.05, 4.69) is 13.0 Å². The van der Waals surface area contributed by atoms with Crippen LogP contribution in [0, 0.1) is 11.3 Å². The summed E-state index contributed by atoms with van der Waals surface area (Å²) in [5, 5.41) is 9.84. The fraction of sp³-hybridized carbons (Fsp3) is 0.258. The minimum Gasteiger partial charge on any atom is -0.292 e. The summed E-state index contributed by atoms with van der Waals surface area (Å²) in [6.45, 7) is 4.71. The monoisotopic (exact) mass is 461 g/mol. The Hall–Kier alpha value is -3.97. The van der Waals surface area contributed by atoms with Crippen molar-refractivity contribution in [2.24, 2.45) is 0 Å². The van der Waals surface area contributed by atoms with Crippen LogP contribution in [0.5, 0.6) is 0 Å². The predicted molar refractivity (Wildman–Crippen MR) is 141 cm³/mol. The molecule has 4 aromatic rings. The Labute approximate surface area is 207 Å². The molecule has 0 aliphatic heterocycles. The van der Waals surface area contributed by atoms with Crippen LogP contribution in [0.15, 0.2) is 83.7 Å². The molecule has 0 spiro atoms. The van der Waals surface area contributed by atoms with E-state index >= 15 is 0 Å². The molecular formula is C31H31N3O. The first-order valence-corrected chi connectivity index (χ1v) is 12.4. The second-order valence-electron chi connectivity index (χ2n) is 8.82. The Morgan fingerprint density at radius 1 is 0.914 bits per heavy atom. The van der Waals surface area contributed by atoms with Gasteiger partial charge in [-0.1, -0.05) is 93.1 Å². The lowest BCUT2D eigenvalue weighted by molar-refractivity contribution is 0.642. The van der Waals surface area contributed by atoms with Gasteiger partial charge in [-0.15, -0.1) is 0 Å². The number of aryl methyl sites for hydroxylation is 2. The van der Waals surface area contributed by atoms with Crippen LogP contribution in [0.4, 0.5) is 0 Å². The van der Waals surface area contributed by atoms with Crippen molar-refractivity contribution in [1.29, 1.82) is 5.26 Å². The average Bonchev–Trinajstić information content (AvgIpc) is 2.91. The summed E-state index contributed by atoms with van der Waals surface area (Å²) in [7, 11) is 0. The van der Waals surface area contributed by atoms with Gasteiger partial charge < -0.3 is 0 Å². The van der Waals surface area contributed by atoms with Crippen molar-refractivity contribution in [3.63, 3.8) is 0 Å². The minimum absolute atomic E-state index is 0.0254. The van der Waals surface area contributed by atoms with E-state index in [0.717, 1.165) is 58.6 Å². The molecule has 35 heavy (non-hydrogen) atoms. The van der Waals surface area contributed by atoms with Crippen molar-refractivity contribution in [1.82, 2.24) is 9.55 Å². The Bertz CT molecular complexity index is 1380. The molecule has 1 aromatic heterocycles. The Balaban J connectivity index is 1.77. The van der Waals surface area contributed by atoms with Crippen LogP contribution in [-0.4, -0.2) is 9.55 Å². The van der Waals surface area contributed by atoms with Crippen LogP contribution in [0.25, 0.3) is 11.1 Å². The molecule has 0 N–H and O–H groups in total. The Morgan fingerprint density at radius 3 is 2.29 bits per heavy atom. The van der Waals surface area contributed by atoms with Gasteiger partial charge in [0.1, 0.15) is 5.82 Å². The third-order valence-electron chi connectivity index (χ3n) is 6.36. The van der Waals surface area contributed by atoms with Crippen LogP contribution < -0.4 is 5.56 Å². The van der Waals surface area contributed by atoms with Gasteiger partial charge in [0, 0.05) is 18.4 Å². The highest BCUT2D eigenvalue weighted by Crippen LogP contribution is 2.25. The molecule has 176 valence electrons. The largest absolute Gasteiger partial charge is 0.292 e. The Kier molecular flexibility index (Phi) is 7.90. The Morgan fingerprint density at radius 2 is 1.63 bits per heavy atom. The summed E-state index contributed by atoms with van der Waals surface area (Å²) in [6.07, 6.45) is 3.98. The number of aromatic nitrogens is 2.